The lowest BCUT2D eigenvalue weighted by atomic mass is 10.1. The zero-order chi connectivity index (χ0) is 27.8. The first-order valence-electron chi connectivity index (χ1n) is 13.1. The number of aliphatic hydroxyl groups is 1. The van der Waals surface area contributed by atoms with Gasteiger partial charge in [0, 0.05) is 25.7 Å². The first kappa shape index (κ1) is 28.4. The van der Waals surface area contributed by atoms with Crippen molar-refractivity contribution in [2.24, 2.45) is 5.92 Å². The summed E-state index contributed by atoms with van der Waals surface area (Å²) >= 11 is 0. The smallest absolute Gasteiger partial charge is 0.227 e. The van der Waals surface area contributed by atoms with Crippen molar-refractivity contribution >= 4 is 0 Å². The van der Waals surface area contributed by atoms with E-state index < -0.39 is 17.7 Å². The molecule has 0 bridgehead atoms. The average Bonchev–Trinajstić information content (AvgIpc) is 3.21. The van der Waals surface area contributed by atoms with Gasteiger partial charge in [0.1, 0.15) is 5.82 Å². The minimum absolute atomic E-state index is 0.0977. The van der Waals surface area contributed by atoms with Gasteiger partial charge in [0.25, 0.3) is 0 Å². The first-order chi connectivity index (χ1) is 18.8. The summed E-state index contributed by atoms with van der Waals surface area (Å²) in [5.74, 6) is -0.915. The van der Waals surface area contributed by atoms with E-state index in [2.05, 4.69) is 18.7 Å². The number of hydrogen-bond donors (Lipinski definition) is 1. The van der Waals surface area contributed by atoms with Crippen molar-refractivity contribution in [2.45, 2.75) is 40.0 Å². The quantitative estimate of drug-likeness (QED) is 0.218. The molecule has 0 saturated carbocycles. The summed E-state index contributed by atoms with van der Waals surface area (Å²) in [6.07, 6.45) is -0.712. The molecule has 1 aromatic heterocycles. The molecule has 1 heterocycles. The van der Waals surface area contributed by atoms with Crippen LogP contribution in [0.25, 0.3) is 5.69 Å². The third-order valence-electron chi connectivity index (χ3n) is 6.13. The zero-order valence-corrected chi connectivity index (χ0v) is 22.6. The van der Waals surface area contributed by atoms with Crippen LogP contribution in [0.4, 0.5) is 8.78 Å². The Morgan fingerprint density at radius 1 is 0.949 bits per heavy atom. The predicted octanol–water partition coefficient (Wildman–Crippen LogP) is 6.29. The fourth-order valence-electron chi connectivity index (χ4n) is 4.41. The number of aliphatic hydroxyl groups excluding tert-OH is 1. The van der Waals surface area contributed by atoms with E-state index in [4.69, 9.17) is 14.6 Å². The molecule has 0 fully saturated rings. The Kier molecular flexibility index (Phi) is 9.81. The van der Waals surface area contributed by atoms with Crippen molar-refractivity contribution in [3.63, 3.8) is 0 Å². The molecule has 0 unspecified atom stereocenters. The fraction of sp³-hybridized carbons (Fsp3) is 0.323. The van der Waals surface area contributed by atoms with Crippen molar-refractivity contribution < 1.29 is 23.4 Å². The molecular weight excluding hydrogens is 500 g/mol. The Bertz CT molecular complexity index is 1330. The van der Waals surface area contributed by atoms with Gasteiger partial charge in [0.2, 0.25) is 5.88 Å². The molecule has 0 amide bonds. The summed E-state index contributed by atoms with van der Waals surface area (Å²) < 4.78 is 41.6. The molecule has 0 radical (unpaired) electrons. The van der Waals surface area contributed by atoms with Gasteiger partial charge >= 0.3 is 0 Å². The molecule has 3 aromatic carbocycles. The van der Waals surface area contributed by atoms with Crippen LogP contribution in [0.1, 0.15) is 30.7 Å². The first-order valence-corrected chi connectivity index (χ1v) is 13.1. The minimum Gasteiger partial charge on any atom is -0.435 e. The van der Waals surface area contributed by atoms with Crippen molar-refractivity contribution in [1.29, 1.82) is 0 Å². The second-order valence-electron chi connectivity index (χ2n) is 10.0. The number of para-hydroxylation sites is 1. The van der Waals surface area contributed by atoms with Crippen LogP contribution in [-0.4, -0.2) is 45.6 Å². The van der Waals surface area contributed by atoms with Crippen molar-refractivity contribution in [2.75, 3.05) is 19.7 Å². The van der Waals surface area contributed by atoms with Gasteiger partial charge in [-0.1, -0.05) is 62.4 Å². The van der Waals surface area contributed by atoms with Crippen LogP contribution >= 0.6 is 0 Å². The van der Waals surface area contributed by atoms with E-state index in [-0.39, 0.29) is 12.4 Å². The maximum absolute atomic E-state index is 14.6. The molecule has 0 spiro atoms. The van der Waals surface area contributed by atoms with Crippen LogP contribution < -0.4 is 4.74 Å². The third-order valence-corrected chi connectivity index (χ3v) is 6.13. The van der Waals surface area contributed by atoms with Gasteiger partial charge in [-0.3, -0.25) is 4.90 Å². The molecule has 4 rings (SSSR count). The van der Waals surface area contributed by atoms with Crippen LogP contribution in [-0.2, 0) is 17.9 Å². The average molecular weight is 536 g/mol. The Morgan fingerprint density at radius 2 is 1.64 bits per heavy atom. The SMILES string of the molecule is Cc1nn(-c2ccccc2)c(Oc2ccc(F)cc2F)c1CN(CC(C)C)C[C@H](O)COCc1ccccc1. The highest BCUT2D eigenvalue weighted by Crippen LogP contribution is 2.33. The lowest BCUT2D eigenvalue weighted by Gasteiger charge is -2.27. The molecule has 8 heteroatoms. The maximum atomic E-state index is 14.6. The van der Waals surface area contributed by atoms with E-state index >= 15 is 0 Å². The summed E-state index contributed by atoms with van der Waals surface area (Å²) in [6.45, 7) is 8.18. The summed E-state index contributed by atoms with van der Waals surface area (Å²) in [4.78, 5) is 2.12. The highest BCUT2D eigenvalue weighted by atomic mass is 19.1. The molecule has 206 valence electrons. The fourth-order valence-corrected chi connectivity index (χ4v) is 4.41. The van der Waals surface area contributed by atoms with Gasteiger partial charge in [-0.25, -0.2) is 13.5 Å². The molecule has 39 heavy (non-hydrogen) atoms. The molecule has 6 nitrogen and oxygen atoms in total. The molecule has 1 N–H and O–H groups in total. The van der Waals surface area contributed by atoms with Gasteiger partial charge in [0.15, 0.2) is 11.6 Å². The number of rotatable bonds is 13. The molecule has 0 saturated heterocycles. The van der Waals surface area contributed by atoms with Gasteiger partial charge in [-0.15, -0.1) is 0 Å². The summed E-state index contributed by atoms with van der Waals surface area (Å²) in [5, 5.41) is 15.5. The van der Waals surface area contributed by atoms with Crippen LogP contribution in [0.2, 0.25) is 0 Å². The minimum atomic E-state index is -0.801. The Morgan fingerprint density at radius 3 is 2.31 bits per heavy atom. The topological polar surface area (TPSA) is 59.8 Å². The number of hydrogen-bond acceptors (Lipinski definition) is 5. The van der Waals surface area contributed by atoms with Gasteiger partial charge < -0.3 is 14.6 Å². The van der Waals surface area contributed by atoms with Crippen LogP contribution in [0, 0.1) is 24.5 Å². The summed E-state index contributed by atoms with van der Waals surface area (Å²) in [6, 6.07) is 22.5. The van der Waals surface area contributed by atoms with E-state index in [1.807, 2.05) is 67.6 Å². The second kappa shape index (κ2) is 13.5. The lowest BCUT2D eigenvalue weighted by Crippen LogP contribution is -2.37. The van der Waals surface area contributed by atoms with Gasteiger partial charge in [-0.2, -0.15) is 5.10 Å². The molecule has 0 aliphatic heterocycles. The molecule has 0 aliphatic rings. The number of ether oxygens (including phenoxy) is 2. The van der Waals surface area contributed by atoms with Crippen molar-refractivity contribution in [3.8, 4) is 17.3 Å². The van der Waals surface area contributed by atoms with Crippen LogP contribution in [0.3, 0.4) is 0 Å². The normalized spacial score (nSPS) is 12.3. The summed E-state index contributed by atoms with van der Waals surface area (Å²) in [5.41, 5.74) is 3.25. The van der Waals surface area contributed by atoms with E-state index in [1.54, 1.807) is 4.68 Å². The zero-order valence-electron chi connectivity index (χ0n) is 22.6. The van der Waals surface area contributed by atoms with Crippen molar-refractivity contribution in [3.05, 3.63) is 107 Å². The largest absolute Gasteiger partial charge is 0.435 e. The van der Waals surface area contributed by atoms with Crippen molar-refractivity contribution in [1.82, 2.24) is 14.7 Å². The number of aryl methyl sites for hydroxylation is 1. The maximum Gasteiger partial charge on any atom is 0.227 e. The summed E-state index contributed by atoms with van der Waals surface area (Å²) in [7, 11) is 0. The molecular formula is C31H35F2N3O3. The number of aromatic nitrogens is 2. The number of nitrogens with zero attached hydrogens (tertiary/aromatic N) is 3. The highest BCUT2D eigenvalue weighted by Gasteiger charge is 2.24. The molecule has 4 aromatic rings. The van der Waals surface area contributed by atoms with Gasteiger partial charge in [-0.05, 0) is 42.7 Å². The Labute approximate surface area is 228 Å². The Hall–Kier alpha value is -3.59. The number of benzene rings is 3. The van der Waals surface area contributed by atoms with E-state index in [9.17, 15) is 13.9 Å². The highest BCUT2D eigenvalue weighted by molar-refractivity contribution is 5.43. The monoisotopic (exact) mass is 535 g/mol. The van der Waals surface area contributed by atoms with E-state index in [0.717, 1.165) is 28.9 Å². The second-order valence-corrected chi connectivity index (χ2v) is 10.0. The van der Waals surface area contributed by atoms with E-state index in [1.165, 1.54) is 6.07 Å². The third kappa shape index (κ3) is 7.95. The van der Waals surface area contributed by atoms with Crippen LogP contribution in [0.5, 0.6) is 11.6 Å². The van der Waals surface area contributed by atoms with Gasteiger partial charge in [0.05, 0.1) is 36.3 Å². The lowest BCUT2D eigenvalue weighted by molar-refractivity contribution is 0.00666. The molecule has 0 aliphatic carbocycles. The molecule has 1 atom stereocenters. The standard InChI is InChI=1S/C31H35F2N3O3/c1-22(2)17-35(18-27(37)21-38-20-24-10-6-4-7-11-24)19-28-23(3)34-36(26-12-8-5-9-13-26)31(28)39-30-15-14-25(32)16-29(30)33/h4-16,22,27,37H,17-21H2,1-3H3/t27-/m0/s1. The van der Waals surface area contributed by atoms with E-state index in [0.29, 0.717) is 43.7 Å². The predicted molar refractivity (Wildman–Crippen MR) is 147 cm³/mol. The number of halogens is 2. The van der Waals surface area contributed by atoms with Crippen LogP contribution in [0.15, 0.2) is 78.9 Å². The Balaban J connectivity index is 1.57.